The number of rotatable bonds is 6. The highest BCUT2D eigenvalue weighted by Gasteiger charge is 2.48. The lowest BCUT2D eigenvalue weighted by Crippen LogP contribution is -2.53. The maximum atomic E-state index is 14.4. The molecule has 0 aliphatic heterocycles. The van der Waals surface area contributed by atoms with Gasteiger partial charge in [-0.2, -0.15) is 5.10 Å². The van der Waals surface area contributed by atoms with E-state index in [0.717, 1.165) is 40.3 Å². The first kappa shape index (κ1) is 27.7. The maximum absolute atomic E-state index is 14.4. The molecule has 0 spiro atoms. The van der Waals surface area contributed by atoms with Gasteiger partial charge in [0.2, 0.25) is 10.0 Å². The van der Waals surface area contributed by atoms with Crippen molar-refractivity contribution in [3.05, 3.63) is 76.9 Å². The average molecular weight is 612 g/mol. The van der Waals surface area contributed by atoms with Gasteiger partial charge in [0, 0.05) is 67.8 Å². The molecule has 0 bridgehead atoms. The number of allylic oxidation sites excluding steroid dienone is 3. The number of nitrogens with zero attached hydrogens (tertiary/aromatic N) is 6. The fraction of sp³-hybridized carbons (Fsp3) is 0.357. The smallest absolute Gasteiger partial charge is 0.317 e. The zero-order valence-corrected chi connectivity index (χ0v) is 25.5. The second-order valence-corrected chi connectivity index (χ2v) is 14.7. The lowest BCUT2D eigenvalue weighted by molar-refractivity contribution is 0.161. The van der Waals surface area contributed by atoms with Crippen molar-refractivity contribution in [2.75, 3.05) is 14.1 Å². The summed E-state index contributed by atoms with van der Waals surface area (Å²) in [5, 5.41) is 9.28. The molecule has 4 aromatic rings. The number of urea groups is 1. The van der Waals surface area contributed by atoms with Crippen molar-refractivity contribution in [2.24, 2.45) is 7.05 Å². The van der Waals surface area contributed by atoms with Gasteiger partial charge < -0.3 is 10.2 Å². The van der Waals surface area contributed by atoms with E-state index in [1.54, 1.807) is 75.8 Å². The Kier molecular flexibility index (Phi) is 6.63. The van der Waals surface area contributed by atoms with Crippen LogP contribution in [-0.2, 0) is 22.6 Å². The Hall–Kier alpha value is -3.48. The van der Waals surface area contributed by atoms with Gasteiger partial charge in [0.25, 0.3) is 0 Å². The number of carbonyl (C=O) groups excluding carboxylic acids is 1. The Morgan fingerprint density at radius 3 is 2.66 bits per heavy atom. The Morgan fingerprint density at radius 1 is 1.22 bits per heavy atom. The van der Waals surface area contributed by atoms with Crippen molar-refractivity contribution in [1.29, 1.82) is 0 Å². The number of halogens is 1. The van der Waals surface area contributed by atoms with E-state index in [4.69, 9.17) is 16.6 Å². The normalized spacial score (nSPS) is 21.9. The molecule has 2 aliphatic rings. The highest BCUT2D eigenvalue weighted by molar-refractivity contribution is 7.91. The largest absolute Gasteiger partial charge is 0.331 e. The molecule has 2 amide bonds. The number of carbonyl (C=O) groups is 1. The molecular formula is C28H30ClN7O3S2. The minimum absolute atomic E-state index is 0.153. The molecule has 0 radical (unpaired) electrons. The standard InChI is InChI=1S/C28H30ClN7O3S2/c1-27(14-19(29)6-7-22(27)18-15-32-35(4)17-18)41(38,39)36-13-9-21-20(8-12-30-24(21)36)23-16-31-25(40-23)28(10-5-11-28)33-26(37)34(2)3/h6-9,12-17,22H,5,10-11H2,1-4H3,(H,33,37). The predicted molar refractivity (Wildman–Crippen MR) is 160 cm³/mol. The number of aryl methyl sites for hydroxylation is 1. The van der Waals surface area contributed by atoms with Gasteiger partial charge in [0.1, 0.15) is 9.75 Å². The molecule has 1 N–H and O–H groups in total. The summed E-state index contributed by atoms with van der Waals surface area (Å²) in [6.07, 6.45) is 16.2. The summed E-state index contributed by atoms with van der Waals surface area (Å²) in [6.45, 7) is 1.68. The van der Waals surface area contributed by atoms with Crippen molar-refractivity contribution < 1.29 is 13.2 Å². The van der Waals surface area contributed by atoms with Crippen LogP contribution in [0.4, 0.5) is 4.79 Å². The molecule has 1 saturated carbocycles. The molecule has 2 unspecified atom stereocenters. The summed E-state index contributed by atoms with van der Waals surface area (Å²) in [6, 6.07) is 3.48. The topological polar surface area (TPSA) is 115 Å². The van der Waals surface area contributed by atoms with Crippen LogP contribution in [-0.4, -0.2) is 61.9 Å². The molecule has 2 atom stereocenters. The monoisotopic (exact) mass is 611 g/mol. The van der Waals surface area contributed by atoms with Crippen molar-refractivity contribution in [3.63, 3.8) is 0 Å². The maximum Gasteiger partial charge on any atom is 0.317 e. The summed E-state index contributed by atoms with van der Waals surface area (Å²) in [5.41, 5.74) is 1.43. The molecule has 214 valence electrons. The molecule has 41 heavy (non-hydrogen) atoms. The summed E-state index contributed by atoms with van der Waals surface area (Å²) in [7, 11) is 1.17. The number of amides is 2. The van der Waals surface area contributed by atoms with Crippen LogP contribution >= 0.6 is 22.9 Å². The number of hydrogen-bond acceptors (Lipinski definition) is 7. The minimum Gasteiger partial charge on any atom is -0.331 e. The predicted octanol–water partition coefficient (Wildman–Crippen LogP) is 4.96. The van der Waals surface area contributed by atoms with Crippen LogP contribution in [0.15, 0.2) is 66.4 Å². The van der Waals surface area contributed by atoms with Crippen molar-refractivity contribution in [3.8, 4) is 10.4 Å². The van der Waals surface area contributed by atoms with Gasteiger partial charge in [-0.05, 0) is 56.0 Å². The van der Waals surface area contributed by atoms with Crippen LogP contribution < -0.4 is 5.32 Å². The van der Waals surface area contributed by atoms with Crippen molar-refractivity contribution in [2.45, 2.75) is 42.4 Å². The second kappa shape index (κ2) is 9.81. The van der Waals surface area contributed by atoms with E-state index >= 15 is 0 Å². The van der Waals surface area contributed by atoms with Gasteiger partial charge in [0.15, 0.2) is 5.65 Å². The molecule has 2 aliphatic carbocycles. The molecule has 0 aromatic carbocycles. The molecule has 1 fully saturated rings. The van der Waals surface area contributed by atoms with Crippen LogP contribution in [0.2, 0.25) is 0 Å². The fourth-order valence-electron chi connectivity index (χ4n) is 5.56. The molecule has 4 aromatic heterocycles. The fourth-order valence-corrected chi connectivity index (χ4v) is 8.91. The van der Waals surface area contributed by atoms with E-state index in [2.05, 4.69) is 15.4 Å². The highest BCUT2D eigenvalue weighted by atomic mass is 35.5. The van der Waals surface area contributed by atoms with Gasteiger partial charge in [-0.25, -0.2) is 27.2 Å². The molecule has 10 nitrogen and oxygen atoms in total. The lowest BCUT2D eigenvalue weighted by atomic mass is 9.77. The summed E-state index contributed by atoms with van der Waals surface area (Å²) >= 11 is 7.89. The van der Waals surface area contributed by atoms with E-state index in [1.165, 1.54) is 20.2 Å². The van der Waals surface area contributed by atoms with Gasteiger partial charge >= 0.3 is 6.03 Å². The molecule has 0 saturated heterocycles. The van der Waals surface area contributed by atoms with Gasteiger partial charge in [-0.3, -0.25) is 4.68 Å². The number of hydrogen-bond donors (Lipinski definition) is 1. The zero-order chi connectivity index (χ0) is 29.2. The van der Waals surface area contributed by atoms with Crippen molar-refractivity contribution in [1.82, 2.24) is 33.9 Å². The Labute approximate surface area is 247 Å². The van der Waals surface area contributed by atoms with Gasteiger partial charge in [-0.1, -0.05) is 17.7 Å². The molecule has 13 heteroatoms. The first-order valence-electron chi connectivity index (χ1n) is 13.2. The first-order chi connectivity index (χ1) is 19.4. The minimum atomic E-state index is -4.06. The van der Waals surface area contributed by atoms with Crippen molar-refractivity contribution >= 4 is 50.0 Å². The van der Waals surface area contributed by atoms with Crippen LogP contribution in [0.1, 0.15) is 42.7 Å². The SMILES string of the molecule is CN(C)C(=O)NC1(c2ncc(-c3ccnc4c3ccn4S(=O)(=O)C3(C)C=C(Cl)C=CC3c3cnn(C)c3)s2)CCC1. The van der Waals surface area contributed by atoms with Gasteiger partial charge in [0.05, 0.1) is 16.6 Å². The number of nitrogens with one attached hydrogen (secondary N) is 1. The third-order valence-corrected chi connectivity index (χ3v) is 11.8. The molecule has 4 heterocycles. The van der Waals surface area contributed by atoms with E-state index in [-0.39, 0.29) is 6.03 Å². The third kappa shape index (κ3) is 4.39. The number of aromatic nitrogens is 5. The zero-order valence-electron chi connectivity index (χ0n) is 23.1. The van der Waals surface area contributed by atoms with E-state index < -0.39 is 26.2 Å². The van der Waals surface area contributed by atoms with Gasteiger partial charge in [-0.15, -0.1) is 11.3 Å². The number of pyridine rings is 1. The summed E-state index contributed by atoms with van der Waals surface area (Å²) in [4.78, 5) is 24.1. The lowest BCUT2D eigenvalue weighted by Gasteiger charge is -2.41. The number of fused-ring (bicyclic) bond motifs is 1. The van der Waals surface area contributed by atoms with Crippen LogP contribution in [0.25, 0.3) is 21.5 Å². The first-order valence-corrected chi connectivity index (χ1v) is 15.8. The Bertz CT molecular complexity index is 1830. The number of thiazole rings is 1. The van der Waals surface area contributed by atoms with Crippen LogP contribution in [0.3, 0.4) is 0 Å². The molecule has 6 rings (SSSR count). The Balaban J connectivity index is 1.40. The molecular weight excluding hydrogens is 582 g/mol. The third-order valence-electron chi connectivity index (χ3n) is 8.08. The second-order valence-electron chi connectivity index (χ2n) is 11.0. The quantitative estimate of drug-likeness (QED) is 0.330. The van der Waals surface area contributed by atoms with E-state index in [9.17, 15) is 13.2 Å². The van der Waals surface area contributed by atoms with Crippen LogP contribution in [0, 0.1) is 0 Å². The highest BCUT2D eigenvalue weighted by Crippen LogP contribution is 2.46. The Morgan fingerprint density at radius 2 is 2.00 bits per heavy atom. The van der Waals surface area contributed by atoms with E-state index in [0.29, 0.717) is 16.1 Å². The van der Waals surface area contributed by atoms with Crippen LogP contribution in [0.5, 0.6) is 0 Å². The summed E-state index contributed by atoms with van der Waals surface area (Å²) < 4.78 is 30.3. The average Bonchev–Trinajstić information content (AvgIpc) is 3.65. The summed E-state index contributed by atoms with van der Waals surface area (Å²) in [5.74, 6) is -0.510. The van der Waals surface area contributed by atoms with E-state index in [1.807, 2.05) is 18.3 Å².